The van der Waals surface area contributed by atoms with Crippen LogP contribution >= 0.6 is 0 Å². The predicted molar refractivity (Wildman–Crippen MR) is 88.5 cm³/mol. The summed E-state index contributed by atoms with van der Waals surface area (Å²) in [5, 5.41) is 9.39. The van der Waals surface area contributed by atoms with E-state index in [0.717, 1.165) is 5.56 Å². The third-order valence-corrected chi connectivity index (χ3v) is 8.66. The summed E-state index contributed by atoms with van der Waals surface area (Å²) in [7, 11) is 1.01. The van der Waals surface area contributed by atoms with E-state index in [4.69, 9.17) is 13.9 Å². The lowest BCUT2D eigenvalue weighted by Gasteiger charge is -2.36. The van der Waals surface area contributed by atoms with Gasteiger partial charge in [-0.1, -0.05) is 20.8 Å². The van der Waals surface area contributed by atoms with Crippen molar-refractivity contribution in [3.63, 3.8) is 0 Å². The maximum atomic E-state index is 11.3. The van der Waals surface area contributed by atoms with E-state index in [2.05, 4.69) is 33.9 Å². The Hall–Kier alpha value is -1.53. The lowest BCUT2D eigenvalue weighted by Crippen LogP contribution is -2.40. The molecule has 1 rings (SSSR count). The van der Waals surface area contributed by atoms with Crippen molar-refractivity contribution >= 4 is 14.3 Å². The van der Waals surface area contributed by atoms with Crippen LogP contribution in [0.5, 0.6) is 11.5 Å². The summed E-state index contributed by atoms with van der Waals surface area (Å²) < 4.78 is 16.5. The van der Waals surface area contributed by atoms with E-state index in [-0.39, 0.29) is 22.1 Å². The molecule has 0 aliphatic carbocycles. The summed E-state index contributed by atoms with van der Waals surface area (Å²) in [4.78, 5) is 11.3. The van der Waals surface area contributed by atoms with Crippen LogP contribution in [0.4, 0.5) is 0 Å². The van der Waals surface area contributed by atoms with Crippen LogP contribution < -0.4 is 9.47 Å². The van der Waals surface area contributed by atoms with Crippen LogP contribution in [0.1, 0.15) is 36.7 Å². The summed E-state index contributed by atoms with van der Waals surface area (Å²) in [6.45, 7) is 11.3. The van der Waals surface area contributed by atoms with E-state index in [1.165, 1.54) is 14.2 Å². The van der Waals surface area contributed by atoms with Gasteiger partial charge in [-0.2, -0.15) is 0 Å². The summed E-state index contributed by atoms with van der Waals surface area (Å²) in [5.41, 5.74) is 0.865. The number of aromatic carboxylic acids is 1. The molecular weight excluding hydrogens is 300 g/mol. The second-order valence-corrected chi connectivity index (χ2v) is 11.5. The molecule has 0 radical (unpaired) electrons. The van der Waals surface area contributed by atoms with Crippen LogP contribution in [-0.4, -0.2) is 33.6 Å². The maximum absolute atomic E-state index is 11.3. The third kappa shape index (κ3) is 4.01. The molecule has 0 saturated carbocycles. The number of ether oxygens (including phenoxy) is 2. The largest absolute Gasteiger partial charge is 0.496 e. The minimum atomic E-state index is -1.88. The van der Waals surface area contributed by atoms with Crippen LogP contribution in [0, 0.1) is 0 Å². The third-order valence-electron chi connectivity index (χ3n) is 4.19. The molecule has 124 valence electrons. The number of rotatable bonds is 6. The van der Waals surface area contributed by atoms with Crippen LogP contribution in [0.25, 0.3) is 0 Å². The molecule has 5 nitrogen and oxygen atoms in total. The maximum Gasteiger partial charge on any atom is 0.343 e. The van der Waals surface area contributed by atoms with Crippen LogP contribution in [0.3, 0.4) is 0 Å². The molecular formula is C16H26O5Si. The summed E-state index contributed by atoms with van der Waals surface area (Å²) in [6, 6.07) is 3.39. The monoisotopic (exact) mass is 326 g/mol. The van der Waals surface area contributed by atoms with Crippen LogP contribution in [0.15, 0.2) is 12.1 Å². The average molecular weight is 326 g/mol. The summed E-state index contributed by atoms with van der Waals surface area (Å²) in [5.74, 6) is -0.521. The number of methoxy groups -OCH3 is 2. The topological polar surface area (TPSA) is 65.0 Å². The predicted octanol–water partition coefficient (Wildman–Crippen LogP) is 3.92. The van der Waals surface area contributed by atoms with Gasteiger partial charge in [0.05, 0.1) is 20.8 Å². The van der Waals surface area contributed by atoms with E-state index in [1.807, 2.05) is 0 Å². The zero-order valence-electron chi connectivity index (χ0n) is 14.4. The number of carbonyl (C=O) groups is 1. The quantitative estimate of drug-likeness (QED) is 0.803. The van der Waals surface area contributed by atoms with Gasteiger partial charge in [0.25, 0.3) is 0 Å². The lowest BCUT2D eigenvalue weighted by molar-refractivity contribution is 0.0689. The fourth-order valence-corrected chi connectivity index (χ4v) is 2.70. The van der Waals surface area contributed by atoms with Crippen molar-refractivity contribution in [2.75, 3.05) is 14.2 Å². The van der Waals surface area contributed by atoms with Gasteiger partial charge in [-0.05, 0) is 35.8 Å². The number of hydrogen-bond acceptors (Lipinski definition) is 4. The first kappa shape index (κ1) is 18.5. The highest BCUT2D eigenvalue weighted by molar-refractivity contribution is 6.74. The second kappa shape index (κ2) is 6.70. The van der Waals surface area contributed by atoms with Crippen molar-refractivity contribution in [1.82, 2.24) is 0 Å². The van der Waals surface area contributed by atoms with Crippen LogP contribution in [-0.2, 0) is 11.0 Å². The molecule has 1 aromatic rings. The molecule has 1 N–H and O–H groups in total. The van der Waals surface area contributed by atoms with E-state index < -0.39 is 14.3 Å². The Morgan fingerprint density at radius 3 is 1.91 bits per heavy atom. The van der Waals surface area contributed by atoms with Gasteiger partial charge in [0.15, 0.2) is 8.32 Å². The van der Waals surface area contributed by atoms with Gasteiger partial charge >= 0.3 is 5.97 Å². The van der Waals surface area contributed by atoms with Crippen molar-refractivity contribution < 1.29 is 23.8 Å². The molecule has 22 heavy (non-hydrogen) atoms. The van der Waals surface area contributed by atoms with E-state index in [1.54, 1.807) is 12.1 Å². The number of hydrogen-bond donors (Lipinski definition) is 1. The van der Waals surface area contributed by atoms with Crippen molar-refractivity contribution in [1.29, 1.82) is 0 Å². The highest BCUT2D eigenvalue weighted by atomic mass is 28.4. The van der Waals surface area contributed by atoms with E-state index in [0.29, 0.717) is 6.61 Å². The Morgan fingerprint density at radius 2 is 1.59 bits per heavy atom. The smallest absolute Gasteiger partial charge is 0.343 e. The molecule has 0 amide bonds. The minimum Gasteiger partial charge on any atom is -0.496 e. The average Bonchev–Trinajstić information content (AvgIpc) is 2.42. The normalized spacial score (nSPS) is 12.1. The SMILES string of the molecule is COc1cc(CO[Si](C)(C)C(C)(C)C)cc(OC)c1C(=O)O. The molecule has 0 bridgehead atoms. The van der Waals surface area contributed by atoms with E-state index in [9.17, 15) is 9.90 Å². The molecule has 0 spiro atoms. The first-order valence-electron chi connectivity index (χ1n) is 7.15. The van der Waals surface area contributed by atoms with Gasteiger partial charge < -0.3 is 19.0 Å². The Balaban J connectivity index is 3.10. The first-order chi connectivity index (χ1) is 10.0. The Morgan fingerprint density at radius 1 is 1.14 bits per heavy atom. The Bertz CT molecular complexity index is 521. The van der Waals surface area contributed by atoms with Gasteiger partial charge in [0.2, 0.25) is 0 Å². The second-order valence-electron chi connectivity index (χ2n) is 6.73. The van der Waals surface area contributed by atoms with Crippen LogP contribution in [0.2, 0.25) is 18.1 Å². The standard InChI is InChI=1S/C16H26O5Si/c1-16(2,3)22(6,7)21-10-11-8-12(19-4)14(15(17)18)13(9-11)20-5/h8-9H,10H2,1-7H3,(H,17,18). The molecule has 0 fully saturated rings. The van der Waals surface area contributed by atoms with Gasteiger partial charge in [0, 0.05) is 0 Å². The fourth-order valence-electron chi connectivity index (χ4n) is 1.74. The molecule has 0 aromatic heterocycles. The highest BCUT2D eigenvalue weighted by Gasteiger charge is 2.37. The Labute approximate surface area is 133 Å². The van der Waals surface area contributed by atoms with E-state index >= 15 is 0 Å². The zero-order valence-corrected chi connectivity index (χ0v) is 15.4. The molecule has 1 aromatic carbocycles. The Kier molecular flexibility index (Phi) is 5.64. The molecule has 0 heterocycles. The minimum absolute atomic E-state index is 0.0288. The van der Waals surface area contributed by atoms with Crippen molar-refractivity contribution in [2.24, 2.45) is 0 Å². The number of carboxylic acid groups (broad SMARTS) is 1. The fraction of sp³-hybridized carbons (Fsp3) is 0.562. The first-order valence-corrected chi connectivity index (χ1v) is 10.1. The van der Waals surface area contributed by atoms with Gasteiger partial charge in [-0.25, -0.2) is 4.79 Å². The van der Waals surface area contributed by atoms with Gasteiger partial charge in [-0.15, -0.1) is 0 Å². The molecule has 6 heteroatoms. The molecule has 0 aliphatic heterocycles. The van der Waals surface area contributed by atoms with Crippen molar-refractivity contribution in [2.45, 2.75) is 45.5 Å². The molecule has 0 atom stereocenters. The summed E-state index contributed by atoms with van der Waals surface area (Å²) >= 11 is 0. The highest BCUT2D eigenvalue weighted by Crippen LogP contribution is 2.38. The molecule has 0 unspecified atom stereocenters. The summed E-state index contributed by atoms with van der Waals surface area (Å²) in [6.07, 6.45) is 0. The molecule has 0 aliphatic rings. The number of benzene rings is 1. The van der Waals surface area contributed by atoms with Gasteiger partial charge in [0.1, 0.15) is 17.1 Å². The zero-order chi connectivity index (χ0) is 17.1. The lowest BCUT2D eigenvalue weighted by atomic mass is 10.1. The molecule has 0 saturated heterocycles. The van der Waals surface area contributed by atoms with Crippen molar-refractivity contribution in [3.8, 4) is 11.5 Å². The number of carboxylic acids is 1. The van der Waals surface area contributed by atoms with Gasteiger partial charge in [-0.3, -0.25) is 0 Å². The van der Waals surface area contributed by atoms with Crippen molar-refractivity contribution in [3.05, 3.63) is 23.3 Å².